The van der Waals surface area contributed by atoms with Crippen LogP contribution in [0.5, 0.6) is 5.75 Å². The van der Waals surface area contributed by atoms with Crippen LogP contribution in [-0.2, 0) is 6.42 Å². The number of aryl methyl sites for hydroxylation is 1. The van der Waals surface area contributed by atoms with E-state index in [9.17, 15) is 4.79 Å². The molecule has 1 saturated heterocycles. The van der Waals surface area contributed by atoms with Gasteiger partial charge in [-0.3, -0.25) is 9.89 Å². The molecule has 0 aliphatic carbocycles. The van der Waals surface area contributed by atoms with Crippen LogP contribution >= 0.6 is 0 Å². The fraction of sp³-hybridized carbons (Fsp3) is 0.474. The molecule has 1 aromatic carbocycles. The van der Waals surface area contributed by atoms with Gasteiger partial charge in [0.2, 0.25) is 0 Å². The summed E-state index contributed by atoms with van der Waals surface area (Å²) >= 11 is 0. The molecule has 0 radical (unpaired) electrons. The number of nitrogens with zero attached hydrogens (tertiary/aromatic N) is 2. The van der Waals surface area contributed by atoms with Gasteiger partial charge < -0.3 is 15.0 Å². The van der Waals surface area contributed by atoms with Crippen molar-refractivity contribution in [3.8, 4) is 5.75 Å². The van der Waals surface area contributed by atoms with E-state index in [2.05, 4.69) is 22.4 Å². The van der Waals surface area contributed by atoms with Crippen LogP contribution in [0, 0.1) is 0 Å². The average molecular weight is 342 g/mol. The van der Waals surface area contributed by atoms with Crippen LogP contribution in [0.2, 0.25) is 0 Å². The number of hydrogen-bond donors (Lipinski definition) is 2. The normalized spacial score (nSPS) is 15.2. The third kappa shape index (κ3) is 4.32. The lowest BCUT2D eigenvalue weighted by Gasteiger charge is -2.32. The molecule has 0 spiro atoms. The van der Waals surface area contributed by atoms with Crippen LogP contribution in [0.25, 0.3) is 0 Å². The van der Waals surface area contributed by atoms with Gasteiger partial charge in [0.15, 0.2) is 0 Å². The number of anilines is 1. The van der Waals surface area contributed by atoms with Crippen molar-refractivity contribution in [2.45, 2.75) is 38.6 Å². The molecule has 134 valence electrons. The molecule has 2 N–H and O–H groups in total. The number of hydrogen-bond acceptors (Lipinski definition) is 4. The molecule has 1 aromatic heterocycles. The van der Waals surface area contributed by atoms with Crippen molar-refractivity contribution >= 4 is 11.6 Å². The molecule has 6 nitrogen and oxygen atoms in total. The van der Waals surface area contributed by atoms with Crippen molar-refractivity contribution in [3.63, 3.8) is 0 Å². The number of carbonyl (C=O) groups excluding carboxylic acids is 1. The molecular weight excluding hydrogens is 316 g/mol. The van der Waals surface area contributed by atoms with Crippen molar-refractivity contribution in [1.29, 1.82) is 0 Å². The quantitative estimate of drug-likeness (QED) is 0.846. The highest BCUT2D eigenvalue weighted by molar-refractivity contribution is 5.92. The number of benzene rings is 1. The number of aromatic nitrogens is 2. The molecule has 1 amide bonds. The van der Waals surface area contributed by atoms with E-state index in [0.717, 1.165) is 55.9 Å². The van der Waals surface area contributed by atoms with E-state index in [-0.39, 0.29) is 5.91 Å². The van der Waals surface area contributed by atoms with Gasteiger partial charge >= 0.3 is 0 Å². The summed E-state index contributed by atoms with van der Waals surface area (Å²) in [6, 6.07) is 10.2. The smallest absolute Gasteiger partial charge is 0.274 e. The van der Waals surface area contributed by atoms with Crippen molar-refractivity contribution in [2.24, 2.45) is 0 Å². The Kier molecular flexibility index (Phi) is 5.58. The van der Waals surface area contributed by atoms with E-state index < -0.39 is 0 Å². The summed E-state index contributed by atoms with van der Waals surface area (Å²) in [7, 11) is 1.67. The Morgan fingerprint density at radius 1 is 1.36 bits per heavy atom. The molecule has 1 fully saturated rings. The lowest BCUT2D eigenvalue weighted by molar-refractivity contribution is 0.0712. The molecular formula is C19H26N4O2. The highest BCUT2D eigenvalue weighted by Gasteiger charge is 2.25. The van der Waals surface area contributed by atoms with E-state index in [1.807, 2.05) is 35.2 Å². The van der Waals surface area contributed by atoms with Gasteiger partial charge in [0, 0.05) is 36.6 Å². The summed E-state index contributed by atoms with van der Waals surface area (Å²) in [6.07, 6.45) is 3.81. The molecule has 0 atom stereocenters. The van der Waals surface area contributed by atoms with Gasteiger partial charge in [0.05, 0.1) is 7.11 Å². The van der Waals surface area contributed by atoms with E-state index in [4.69, 9.17) is 4.74 Å². The zero-order valence-corrected chi connectivity index (χ0v) is 14.9. The Balaban J connectivity index is 1.53. The summed E-state index contributed by atoms with van der Waals surface area (Å²) in [5.41, 5.74) is 2.61. The van der Waals surface area contributed by atoms with Crippen LogP contribution in [0.15, 0.2) is 30.3 Å². The van der Waals surface area contributed by atoms with E-state index in [1.54, 1.807) is 7.11 Å². The minimum atomic E-state index is 0.0263. The first-order valence-electron chi connectivity index (χ1n) is 8.93. The molecule has 6 heteroatoms. The van der Waals surface area contributed by atoms with Crippen LogP contribution in [0.3, 0.4) is 0 Å². The maximum Gasteiger partial charge on any atom is 0.274 e. The monoisotopic (exact) mass is 342 g/mol. The van der Waals surface area contributed by atoms with Crippen LogP contribution in [0.1, 0.15) is 42.4 Å². The molecule has 25 heavy (non-hydrogen) atoms. The predicted molar refractivity (Wildman–Crippen MR) is 98.1 cm³/mol. The standard InChI is InChI=1S/C19H26N4O2/c1-3-5-16-13-18(22-21-16)19(24)23-10-8-14(9-11-23)20-15-6-4-7-17(12-15)25-2/h4,6-7,12-14,20H,3,5,8-11H2,1-2H3,(H,21,22). The van der Waals surface area contributed by atoms with Crippen molar-refractivity contribution < 1.29 is 9.53 Å². The SMILES string of the molecule is CCCc1cc(C(=O)N2CCC(Nc3cccc(OC)c3)CC2)n[nH]1. The predicted octanol–water partition coefficient (Wildman–Crippen LogP) is 3.09. The van der Waals surface area contributed by atoms with E-state index in [1.165, 1.54) is 0 Å². The summed E-state index contributed by atoms with van der Waals surface area (Å²) in [6.45, 7) is 3.61. The third-order valence-electron chi connectivity index (χ3n) is 4.59. The number of amides is 1. The number of H-pyrrole nitrogens is 1. The zero-order valence-electron chi connectivity index (χ0n) is 14.9. The van der Waals surface area contributed by atoms with Gasteiger partial charge in [0.25, 0.3) is 5.91 Å². The molecule has 1 aliphatic heterocycles. The van der Waals surface area contributed by atoms with E-state index in [0.29, 0.717) is 11.7 Å². The Hall–Kier alpha value is -2.50. The largest absolute Gasteiger partial charge is 0.497 e. The number of rotatable bonds is 6. The molecule has 3 rings (SSSR count). The van der Waals surface area contributed by atoms with E-state index >= 15 is 0 Å². The fourth-order valence-electron chi connectivity index (χ4n) is 3.21. The average Bonchev–Trinajstić information content (AvgIpc) is 3.11. The van der Waals surface area contributed by atoms with Crippen LogP contribution in [0.4, 0.5) is 5.69 Å². The summed E-state index contributed by atoms with van der Waals surface area (Å²) in [5.74, 6) is 0.873. The van der Waals surface area contributed by atoms with Gasteiger partial charge in [-0.25, -0.2) is 0 Å². The minimum Gasteiger partial charge on any atom is -0.497 e. The third-order valence-corrected chi connectivity index (χ3v) is 4.59. The Morgan fingerprint density at radius 2 is 2.16 bits per heavy atom. The number of ether oxygens (including phenoxy) is 1. The number of nitrogens with one attached hydrogen (secondary N) is 2. The second kappa shape index (κ2) is 8.05. The summed E-state index contributed by atoms with van der Waals surface area (Å²) in [5, 5.41) is 10.7. The molecule has 0 saturated carbocycles. The number of piperidine rings is 1. The molecule has 0 bridgehead atoms. The van der Waals surface area contributed by atoms with Crippen molar-refractivity contribution in [1.82, 2.24) is 15.1 Å². The number of likely N-dealkylation sites (tertiary alicyclic amines) is 1. The van der Waals surface area contributed by atoms with Crippen molar-refractivity contribution in [2.75, 3.05) is 25.5 Å². The van der Waals surface area contributed by atoms with Gasteiger partial charge in [0.1, 0.15) is 11.4 Å². The highest BCUT2D eigenvalue weighted by Crippen LogP contribution is 2.21. The number of methoxy groups -OCH3 is 1. The first kappa shape index (κ1) is 17.3. The molecule has 1 aliphatic rings. The Morgan fingerprint density at radius 3 is 2.88 bits per heavy atom. The van der Waals surface area contributed by atoms with Gasteiger partial charge in [-0.05, 0) is 37.5 Å². The second-order valence-electron chi connectivity index (χ2n) is 6.47. The first-order valence-corrected chi connectivity index (χ1v) is 8.93. The summed E-state index contributed by atoms with van der Waals surface area (Å²) < 4.78 is 5.26. The Labute approximate surface area is 148 Å². The van der Waals surface area contributed by atoms with Gasteiger partial charge in [-0.1, -0.05) is 19.4 Å². The molecule has 0 unspecified atom stereocenters. The fourth-order valence-corrected chi connectivity index (χ4v) is 3.21. The topological polar surface area (TPSA) is 70.2 Å². The second-order valence-corrected chi connectivity index (χ2v) is 6.47. The van der Waals surface area contributed by atoms with Crippen LogP contribution in [-0.4, -0.2) is 47.2 Å². The molecule has 2 heterocycles. The van der Waals surface area contributed by atoms with Gasteiger partial charge in [-0.15, -0.1) is 0 Å². The zero-order chi connectivity index (χ0) is 17.6. The molecule has 2 aromatic rings. The minimum absolute atomic E-state index is 0.0263. The lowest BCUT2D eigenvalue weighted by Crippen LogP contribution is -2.42. The maximum atomic E-state index is 12.6. The lowest BCUT2D eigenvalue weighted by atomic mass is 10.0. The number of aromatic amines is 1. The summed E-state index contributed by atoms with van der Waals surface area (Å²) in [4.78, 5) is 14.5. The van der Waals surface area contributed by atoms with Gasteiger partial charge in [-0.2, -0.15) is 5.10 Å². The Bertz CT molecular complexity index is 705. The van der Waals surface area contributed by atoms with Crippen LogP contribution < -0.4 is 10.1 Å². The van der Waals surface area contributed by atoms with Crippen molar-refractivity contribution in [3.05, 3.63) is 41.7 Å². The maximum absolute atomic E-state index is 12.6. The highest BCUT2D eigenvalue weighted by atomic mass is 16.5. The first-order chi connectivity index (χ1) is 12.2. The number of carbonyl (C=O) groups is 1.